The molecule has 0 saturated carbocycles. The molecule has 0 aliphatic heterocycles. The molecule has 0 fully saturated rings. The van der Waals surface area contributed by atoms with Crippen LogP contribution in [-0.2, 0) is 0 Å². The minimum atomic E-state index is -4.20. The summed E-state index contributed by atoms with van der Waals surface area (Å²) >= 11 is 0. The van der Waals surface area contributed by atoms with E-state index in [0.29, 0.717) is 0 Å². The molecule has 0 radical (unpaired) electrons. The Morgan fingerprint density at radius 1 is 1.06 bits per heavy atom. The van der Waals surface area contributed by atoms with E-state index < -0.39 is 12.1 Å². The van der Waals surface area contributed by atoms with Gasteiger partial charge in [-0.2, -0.15) is 13.2 Å². The molecule has 0 rings (SSSR count). The summed E-state index contributed by atoms with van der Waals surface area (Å²) in [4.78, 5) is 0. The fourth-order valence-corrected chi connectivity index (χ4v) is 0.645. The maximum absolute atomic E-state index is 12.1. The number of hydrogen-bond acceptors (Lipinski definition) is 0. The number of alkyl halides is 3. The molecule has 0 aliphatic rings. The molecule has 3 heteroatoms. The maximum atomic E-state index is 12.1. The van der Waals surface area contributed by atoms with Crippen LogP contribution in [0.4, 0.5) is 13.2 Å². The molecule has 0 N–H and O–H groups in total. The average molecular weight is 250 g/mol. The lowest BCUT2D eigenvalue weighted by Gasteiger charge is -2.15. The fraction of sp³-hybridized carbons (Fsp3) is 0.571. The zero-order valence-corrected chi connectivity index (χ0v) is 11.7. The first-order valence-corrected chi connectivity index (χ1v) is 5.94. The van der Waals surface area contributed by atoms with Crippen LogP contribution in [0.2, 0.25) is 0 Å². The van der Waals surface area contributed by atoms with Crippen LogP contribution in [0.1, 0.15) is 41.5 Å². The lowest BCUT2D eigenvalue weighted by atomic mass is 10.0. The second kappa shape index (κ2) is 13.1. The maximum Gasteiger partial charge on any atom is 0.395 e. The Kier molecular flexibility index (Phi) is 16.4. The summed E-state index contributed by atoms with van der Waals surface area (Å²) in [5.41, 5.74) is 0.0746. The van der Waals surface area contributed by atoms with Crippen molar-refractivity contribution in [3.8, 4) is 0 Å². The Morgan fingerprint density at radius 2 is 1.47 bits per heavy atom. The van der Waals surface area contributed by atoms with E-state index in [1.807, 2.05) is 27.7 Å². The molecule has 0 spiro atoms. The molecule has 102 valence electrons. The molecule has 0 aromatic heterocycles. The predicted molar refractivity (Wildman–Crippen MR) is 71.0 cm³/mol. The first kappa shape index (κ1) is 21.3. The Balaban J connectivity index is -0.000000439. The van der Waals surface area contributed by atoms with Gasteiger partial charge in [0.05, 0.1) is 5.92 Å². The van der Waals surface area contributed by atoms with Gasteiger partial charge in [0.25, 0.3) is 0 Å². The Bertz CT molecular complexity index is 222. The largest absolute Gasteiger partial charge is 0.395 e. The van der Waals surface area contributed by atoms with E-state index >= 15 is 0 Å². The lowest BCUT2D eigenvalue weighted by molar-refractivity contribution is -0.158. The van der Waals surface area contributed by atoms with Gasteiger partial charge in [-0.05, 0) is 19.4 Å². The summed E-state index contributed by atoms with van der Waals surface area (Å²) in [6.45, 7) is 14.2. The first-order chi connectivity index (χ1) is 7.89. The predicted octanol–water partition coefficient (Wildman–Crippen LogP) is 5.93. The fourth-order valence-electron chi connectivity index (χ4n) is 0.645. The molecule has 0 aromatic carbocycles. The summed E-state index contributed by atoms with van der Waals surface area (Å²) in [5.74, 6) is -1.48. The van der Waals surface area contributed by atoms with E-state index in [1.54, 1.807) is 25.2 Å². The Labute approximate surface area is 104 Å². The van der Waals surface area contributed by atoms with Crippen molar-refractivity contribution in [3.63, 3.8) is 0 Å². The standard InChI is InChI=1S/C10H13F3.2C2H6/c1-4-5-6-7-8(2)9(3)10(11,12)13;2*1-2/h4-7,9H,2H2,1,3H3;2*1-2H3/b5-4-,7-6-;;. The quantitative estimate of drug-likeness (QED) is 0.545. The van der Waals surface area contributed by atoms with Gasteiger partial charge >= 0.3 is 6.18 Å². The third-order valence-electron chi connectivity index (χ3n) is 1.66. The van der Waals surface area contributed by atoms with Gasteiger partial charge in [0.15, 0.2) is 0 Å². The minimum absolute atomic E-state index is 0.0746. The highest BCUT2D eigenvalue weighted by Crippen LogP contribution is 2.30. The van der Waals surface area contributed by atoms with Crippen LogP contribution in [0, 0.1) is 5.92 Å². The Hall–Kier alpha value is -0.990. The smallest absolute Gasteiger partial charge is 0.170 e. The van der Waals surface area contributed by atoms with Crippen LogP contribution in [0.15, 0.2) is 36.5 Å². The van der Waals surface area contributed by atoms with Crippen molar-refractivity contribution < 1.29 is 13.2 Å². The molecule has 1 atom stereocenters. The van der Waals surface area contributed by atoms with Crippen LogP contribution in [0.5, 0.6) is 0 Å². The van der Waals surface area contributed by atoms with Crippen molar-refractivity contribution in [1.29, 1.82) is 0 Å². The Morgan fingerprint density at radius 3 is 1.76 bits per heavy atom. The topological polar surface area (TPSA) is 0 Å². The van der Waals surface area contributed by atoms with Gasteiger partial charge in [-0.3, -0.25) is 0 Å². The van der Waals surface area contributed by atoms with Crippen molar-refractivity contribution >= 4 is 0 Å². The van der Waals surface area contributed by atoms with Crippen molar-refractivity contribution in [3.05, 3.63) is 36.5 Å². The van der Waals surface area contributed by atoms with Gasteiger partial charge < -0.3 is 0 Å². The molecule has 17 heavy (non-hydrogen) atoms. The van der Waals surface area contributed by atoms with Gasteiger partial charge in [-0.1, -0.05) is 58.6 Å². The van der Waals surface area contributed by atoms with Crippen LogP contribution < -0.4 is 0 Å². The van der Waals surface area contributed by atoms with Crippen molar-refractivity contribution in [1.82, 2.24) is 0 Å². The molecule has 1 unspecified atom stereocenters. The molecule has 0 aromatic rings. The van der Waals surface area contributed by atoms with Gasteiger partial charge in [-0.15, -0.1) is 0 Å². The average Bonchev–Trinajstić information content (AvgIpc) is 2.32. The molecule has 0 aliphatic carbocycles. The summed E-state index contributed by atoms with van der Waals surface area (Å²) in [6, 6.07) is 0. The van der Waals surface area contributed by atoms with Crippen LogP contribution in [0.25, 0.3) is 0 Å². The van der Waals surface area contributed by atoms with Gasteiger partial charge in [0.1, 0.15) is 0 Å². The first-order valence-electron chi connectivity index (χ1n) is 5.94. The molecular formula is C14H25F3. The molecule has 0 nitrogen and oxygen atoms in total. The third kappa shape index (κ3) is 12.9. The lowest BCUT2D eigenvalue weighted by Crippen LogP contribution is -2.20. The summed E-state index contributed by atoms with van der Waals surface area (Å²) in [5, 5.41) is 0. The molecule has 0 heterocycles. The zero-order valence-electron chi connectivity index (χ0n) is 11.7. The molecular weight excluding hydrogens is 225 g/mol. The van der Waals surface area contributed by atoms with Gasteiger partial charge in [-0.25, -0.2) is 0 Å². The second-order valence-electron chi connectivity index (χ2n) is 2.72. The normalized spacial score (nSPS) is 12.5. The number of halogens is 3. The summed E-state index contributed by atoms with van der Waals surface area (Å²) < 4.78 is 36.3. The van der Waals surface area contributed by atoms with Crippen molar-refractivity contribution in [2.75, 3.05) is 0 Å². The van der Waals surface area contributed by atoms with E-state index in [-0.39, 0.29) is 5.57 Å². The van der Waals surface area contributed by atoms with Gasteiger partial charge in [0.2, 0.25) is 0 Å². The van der Waals surface area contributed by atoms with E-state index in [0.717, 1.165) is 6.92 Å². The molecule has 0 saturated heterocycles. The highest BCUT2D eigenvalue weighted by atomic mass is 19.4. The third-order valence-corrected chi connectivity index (χ3v) is 1.66. The molecule has 0 bridgehead atoms. The minimum Gasteiger partial charge on any atom is -0.170 e. The van der Waals surface area contributed by atoms with Crippen molar-refractivity contribution in [2.24, 2.45) is 5.92 Å². The highest BCUT2D eigenvalue weighted by molar-refractivity contribution is 5.22. The number of rotatable bonds is 3. The van der Waals surface area contributed by atoms with E-state index in [9.17, 15) is 13.2 Å². The van der Waals surface area contributed by atoms with Crippen LogP contribution in [-0.4, -0.2) is 6.18 Å². The monoisotopic (exact) mass is 250 g/mol. The molecule has 0 amide bonds. The number of hydrogen-bond donors (Lipinski definition) is 0. The van der Waals surface area contributed by atoms with Crippen molar-refractivity contribution in [2.45, 2.75) is 47.7 Å². The van der Waals surface area contributed by atoms with Gasteiger partial charge in [0, 0.05) is 0 Å². The van der Waals surface area contributed by atoms with E-state index in [4.69, 9.17) is 0 Å². The summed E-state index contributed by atoms with van der Waals surface area (Å²) in [7, 11) is 0. The zero-order chi connectivity index (χ0) is 14.5. The summed E-state index contributed by atoms with van der Waals surface area (Å²) in [6.07, 6.45) is 2.12. The van der Waals surface area contributed by atoms with Crippen LogP contribution >= 0.6 is 0 Å². The number of allylic oxidation sites excluding steroid dienone is 5. The van der Waals surface area contributed by atoms with E-state index in [1.165, 1.54) is 6.08 Å². The second-order valence-corrected chi connectivity index (χ2v) is 2.72. The van der Waals surface area contributed by atoms with Crippen LogP contribution in [0.3, 0.4) is 0 Å². The SMILES string of the molecule is C=C(/C=C\C=C/C)C(C)C(F)(F)F.CC.CC. The van der Waals surface area contributed by atoms with E-state index in [2.05, 4.69) is 6.58 Å². The highest BCUT2D eigenvalue weighted by Gasteiger charge is 2.36.